The van der Waals surface area contributed by atoms with Crippen molar-refractivity contribution in [3.63, 3.8) is 0 Å². The Morgan fingerprint density at radius 2 is 1.84 bits per heavy atom. The molecule has 0 aliphatic rings. The number of aromatic nitrogens is 4. The molecule has 0 saturated heterocycles. The van der Waals surface area contributed by atoms with Crippen LogP contribution in [-0.4, -0.2) is 25.9 Å². The Bertz CT molecular complexity index is 1530. The van der Waals surface area contributed by atoms with Crippen LogP contribution in [-0.2, 0) is 7.05 Å². The zero-order valence-electron chi connectivity index (χ0n) is 18.0. The zero-order chi connectivity index (χ0) is 22.4. The highest BCUT2D eigenvalue weighted by Gasteiger charge is 2.16. The molecule has 0 atom stereocenters. The summed E-state index contributed by atoms with van der Waals surface area (Å²) in [5.41, 5.74) is 4.38. The molecule has 0 fully saturated rings. The van der Waals surface area contributed by atoms with E-state index in [0.717, 1.165) is 33.2 Å². The first-order valence-corrected chi connectivity index (χ1v) is 10.7. The molecule has 3 aromatic heterocycles. The highest BCUT2D eigenvalue weighted by atomic mass is 35.5. The summed E-state index contributed by atoms with van der Waals surface area (Å²) < 4.78 is 9.10. The van der Waals surface area contributed by atoms with Gasteiger partial charge in [-0.15, -0.1) is 0 Å². The van der Waals surface area contributed by atoms with E-state index in [0.29, 0.717) is 28.6 Å². The van der Waals surface area contributed by atoms with Crippen LogP contribution in [0, 0.1) is 6.92 Å². The van der Waals surface area contributed by atoms with Crippen molar-refractivity contribution in [3.05, 3.63) is 81.9 Å². The molecule has 0 saturated carbocycles. The Morgan fingerprint density at radius 3 is 2.59 bits per heavy atom. The lowest BCUT2D eigenvalue weighted by atomic mass is 10.0. The number of hydrogen-bond acceptors (Lipinski definition) is 4. The summed E-state index contributed by atoms with van der Waals surface area (Å²) in [6.07, 6.45) is 1.83. The third-order valence-corrected chi connectivity index (χ3v) is 5.91. The number of rotatable bonds is 4. The van der Waals surface area contributed by atoms with E-state index in [-0.39, 0.29) is 5.56 Å². The maximum absolute atomic E-state index is 13.8. The monoisotopic (exact) mass is 444 g/mol. The molecule has 5 aromatic rings. The molecule has 3 heterocycles. The number of nitrogens with zero attached hydrogens (tertiary/aromatic N) is 4. The Hall–Kier alpha value is -3.64. The van der Waals surface area contributed by atoms with Crippen LogP contribution in [0.15, 0.2) is 65.6 Å². The summed E-state index contributed by atoms with van der Waals surface area (Å²) in [5, 5.41) is 6.96. The van der Waals surface area contributed by atoms with E-state index in [4.69, 9.17) is 16.3 Å². The van der Waals surface area contributed by atoms with Gasteiger partial charge in [-0.2, -0.15) is 5.10 Å². The summed E-state index contributed by atoms with van der Waals surface area (Å²) in [4.78, 5) is 18.4. The van der Waals surface area contributed by atoms with E-state index in [9.17, 15) is 4.79 Å². The molecule has 0 bridgehead atoms. The largest absolute Gasteiger partial charge is 0.478 e. The Balaban J connectivity index is 1.82. The molecule has 0 spiro atoms. The van der Waals surface area contributed by atoms with E-state index >= 15 is 0 Å². The standard InChI is InChI=1S/C25H21ClN4O2/c1-4-32-22-12-7-17-14-30(19-10-11-21-20(13-19)15(2)29(3)28-21)25(31)23(24(17)27-22)16-5-8-18(26)9-6-16/h5-14H,4H2,1-3H3. The van der Waals surface area contributed by atoms with Gasteiger partial charge in [-0.05, 0) is 55.8 Å². The highest BCUT2D eigenvalue weighted by molar-refractivity contribution is 6.30. The molecule has 160 valence electrons. The lowest BCUT2D eigenvalue weighted by Gasteiger charge is -2.13. The minimum atomic E-state index is -0.165. The first-order chi connectivity index (χ1) is 15.5. The van der Waals surface area contributed by atoms with Crippen LogP contribution in [0.2, 0.25) is 5.02 Å². The Morgan fingerprint density at radius 1 is 1.06 bits per heavy atom. The Labute approximate surface area is 189 Å². The van der Waals surface area contributed by atoms with E-state index in [1.807, 2.05) is 74.2 Å². The molecule has 32 heavy (non-hydrogen) atoms. The lowest BCUT2D eigenvalue weighted by Crippen LogP contribution is -2.20. The Kier molecular flexibility index (Phi) is 4.94. The number of fused-ring (bicyclic) bond motifs is 2. The second-order valence-corrected chi connectivity index (χ2v) is 8.05. The third kappa shape index (κ3) is 3.33. The van der Waals surface area contributed by atoms with Crippen LogP contribution in [0.25, 0.3) is 38.6 Å². The van der Waals surface area contributed by atoms with Crippen molar-refractivity contribution in [3.8, 4) is 22.7 Å². The van der Waals surface area contributed by atoms with E-state index in [2.05, 4.69) is 10.1 Å². The first kappa shape index (κ1) is 20.3. The molecule has 7 heteroatoms. The van der Waals surface area contributed by atoms with Crippen LogP contribution in [0.1, 0.15) is 12.6 Å². The molecule has 0 amide bonds. The predicted molar refractivity (Wildman–Crippen MR) is 128 cm³/mol. The quantitative estimate of drug-likeness (QED) is 0.377. The second-order valence-electron chi connectivity index (χ2n) is 7.62. The number of aryl methyl sites for hydroxylation is 2. The fourth-order valence-corrected chi connectivity index (χ4v) is 4.06. The minimum absolute atomic E-state index is 0.165. The summed E-state index contributed by atoms with van der Waals surface area (Å²) in [6, 6.07) is 16.8. The normalized spacial score (nSPS) is 11.4. The van der Waals surface area contributed by atoms with Crippen molar-refractivity contribution in [2.24, 2.45) is 7.05 Å². The molecule has 0 aliphatic heterocycles. The third-order valence-electron chi connectivity index (χ3n) is 5.65. The fourth-order valence-electron chi connectivity index (χ4n) is 3.93. The molecular formula is C25H21ClN4O2. The van der Waals surface area contributed by atoms with Gasteiger partial charge >= 0.3 is 0 Å². The number of benzene rings is 2. The zero-order valence-corrected chi connectivity index (χ0v) is 18.7. The number of hydrogen-bond donors (Lipinski definition) is 0. The lowest BCUT2D eigenvalue weighted by molar-refractivity contribution is 0.328. The summed E-state index contributed by atoms with van der Waals surface area (Å²) in [6.45, 7) is 4.41. The summed E-state index contributed by atoms with van der Waals surface area (Å²) in [5.74, 6) is 0.486. The van der Waals surface area contributed by atoms with Gasteiger partial charge in [0.15, 0.2) is 0 Å². The summed E-state index contributed by atoms with van der Waals surface area (Å²) in [7, 11) is 1.91. The molecule has 2 aromatic carbocycles. The number of pyridine rings is 2. The first-order valence-electron chi connectivity index (χ1n) is 10.3. The van der Waals surface area contributed by atoms with Gasteiger partial charge in [-0.1, -0.05) is 23.7 Å². The van der Waals surface area contributed by atoms with Crippen LogP contribution >= 0.6 is 11.6 Å². The van der Waals surface area contributed by atoms with Gasteiger partial charge in [0.2, 0.25) is 5.88 Å². The predicted octanol–water partition coefficient (Wildman–Crippen LogP) is 5.30. The van der Waals surface area contributed by atoms with Crippen molar-refractivity contribution >= 4 is 33.4 Å². The fraction of sp³-hybridized carbons (Fsp3) is 0.160. The van der Waals surface area contributed by atoms with Gasteiger partial charge < -0.3 is 4.74 Å². The summed E-state index contributed by atoms with van der Waals surface area (Å²) >= 11 is 6.10. The van der Waals surface area contributed by atoms with Gasteiger partial charge in [0.1, 0.15) is 0 Å². The van der Waals surface area contributed by atoms with Crippen molar-refractivity contribution in [1.82, 2.24) is 19.3 Å². The molecule has 6 nitrogen and oxygen atoms in total. The van der Waals surface area contributed by atoms with Crippen molar-refractivity contribution in [1.29, 1.82) is 0 Å². The maximum atomic E-state index is 13.8. The van der Waals surface area contributed by atoms with Crippen LogP contribution < -0.4 is 10.3 Å². The second kappa shape index (κ2) is 7.80. The van der Waals surface area contributed by atoms with Gasteiger partial charge in [0.05, 0.1) is 23.2 Å². The van der Waals surface area contributed by atoms with Crippen LogP contribution in [0.3, 0.4) is 0 Å². The van der Waals surface area contributed by atoms with E-state index in [1.165, 1.54) is 0 Å². The van der Waals surface area contributed by atoms with Crippen LogP contribution in [0.4, 0.5) is 0 Å². The smallest absolute Gasteiger partial charge is 0.265 e. The average Bonchev–Trinajstić information content (AvgIpc) is 3.07. The van der Waals surface area contributed by atoms with Crippen molar-refractivity contribution in [2.75, 3.05) is 6.61 Å². The number of ether oxygens (including phenoxy) is 1. The maximum Gasteiger partial charge on any atom is 0.265 e. The minimum Gasteiger partial charge on any atom is -0.478 e. The van der Waals surface area contributed by atoms with Gasteiger partial charge in [-0.25, -0.2) is 4.98 Å². The van der Waals surface area contributed by atoms with E-state index < -0.39 is 0 Å². The SMILES string of the molecule is CCOc1ccc2cn(-c3ccc4nn(C)c(C)c4c3)c(=O)c(-c3ccc(Cl)cc3)c2n1. The van der Waals surface area contributed by atoms with Crippen LogP contribution in [0.5, 0.6) is 5.88 Å². The molecule has 0 aliphatic carbocycles. The topological polar surface area (TPSA) is 61.9 Å². The van der Waals surface area contributed by atoms with Gasteiger partial charge in [0.25, 0.3) is 5.56 Å². The molecule has 0 unspecified atom stereocenters. The molecule has 5 rings (SSSR count). The molecule has 0 radical (unpaired) electrons. The molecule has 0 N–H and O–H groups in total. The number of halogens is 1. The average molecular weight is 445 g/mol. The van der Waals surface area contributed by atoms with Crippen molar-refractivity contribution < 1.29 is 4.74 Å². The van der Waals surface area contributed by atoms with Gasteiger partial charge in [-0.3, -0.25) is 14.0 Å². The van der Waals surface area contributed by atoms with E-state index in [1.54, 1.807) is 16.7 Å². The molecular weight excluding hydrogens is 424 g/mol. The van der Waals surface area contributed by atoms with Crippen molar-refractivity contribution in [2.45, 2.75) is 13.8 Å². The highest BCUT2D eigenvalue weighted by Crippen LogP contribution is 2.29. The van der Waals surface area contributed by atoms with Gasteiger partial charge in [0, 0.05) is 46.5 Å².